The number of likely N-dealkylation sites (N-methyl/N-ethyl adjacent to an activating group) is 1. The molecule has 0 heterocycles. The van der Waals surface area contributed by atoms with Crippen LogP contribution in [0.5, 0.6) is 0 Å². The SMILES string of the molecule is CCNCCNS(=O)(=O)c1cccc(Br)c1F. The molecule has 7 heteroatoms. The van der Waals surface area contributed by atoms with E-state index in [0.29, 0.717) is 6.54 Å². The molecule has 0 amide bonds. The number of halogens is 2. The molecule has 0 saturated heterocycles. The van der Waals surface area contributed by atoms with Gasteiger partial charge in [0.05, 0.1) is 4.47 Å². The molecule has 0 aliphatic carbocycles. The van der Waals surface area contributed by atoms with Gasteiger partial charge >= 0.3 is 0 Å². The van der Waals surface area contributed by atoms with Crippen LogP contribution in [0, 0.1) is 5.82 Å². The first-order valence-electron chi connectivity index (χ1n) is 5.13. The average Bonchev–Trinajstić information content (AvgIpc) is 2.28. The third-order valence-corrected chi connectivity index (χ3v) is 4.14. The van der Waals surface area contributed by atoms with Crippen LogP contribution in [0.1, 0.15) is 6.92 Å². The lowest BCUT2D eigenvalue weighted by molar-refractivity contribution is 0.552. The van der Waals surface area contributed by atoms with Gasteiger partial charge in [0.25, 0.3) is 0 Å². The molecule has 4 nitrogen and oxygen atoms in total. The molecule has 0 aromatic heterocycles. The summed E-state index contributed by atoms with van der Waals surface area (Å²) in [6.07, 6.45) is 0. The monoisotopic (exact) mass is 324 g/mol. The summed E-state index contributed by atoms with van der Waals surface area (Å²) >= 11 is 2.95. The second-order valence-corrected chi connectivity index (χ2v) is 5.89. The van der Waals surface area contributed by atoms with E-state index >= 15 is 0 Å². The normalized spacial score (nSPS) is 11.7. The van der Waals surface area contributed by atoms with Crippen molar-refractivity contribution in [1.82, 2.24) is 10.0 Å². The van der Waals surface area contributed by atoms with Crippen molar-refractivity contribution in [3.63, 3.8) is 0 Å². The Morgan fingerprint density at radius 3 is 2.71 bits per heavy atom. The molecule has 1 aromatic carbocycles. The number of rotatable bonds is 6. The van der Waals surface area contributed by atoms with Gasteiger partial charge in [-0.05, 0) is 34.6 Å². The van der Waals surface area contributed by atoms with Gasteiger partial charge in [-0.2, -0.15) is 0 Å². The van der Waals surface area contributed by atoms with Gasteiger partial charge in [0.1, 0.15) is 4.90 Å². The highest BCUT2D eigenvalue weighted by atomic mass is 79.9. The van der Waals surface area contributed by atoms with E-state index in [1.165, 1.54) is 18.2 Å². The highest BCUT2D eigenvalue weighted by Crippen LogP contribution is 2.21. The molecule has 0 aliphatic rings. The number of hydrogen-bond donors (Lipinski definition) is 2. The van der Waals surface area contributed by atoms with Gasteiger partial charge in [0, 0.05) is 13.1 Å². The van der Waals surface area contributed by atoms with E-state index in [4.69, 9.17) is 0 Å². The predicted octanol–water partition coefficient (Wildman–Crippen LogP) is 1.48. The summed E-state index contributed by atoms with van der Waals surface area (Å²) in [7, 11) is -3.79. The maximum Gasteiger partial charge on any atom is 0.243 e. The Bertz CT molecular complexity index is 479. The lowest BCUT2D eigenvalue weighted by Crippen LogP contribution is -2.32. The fourth-order valence-corrected chi connectivity index (χ4v) is 2.85. The van der Waals surface area contributed by atoms with Crippen molar-refractivity contribution in [2.45, 2.75) is 11.8 Å². The summed E-state index contributed by atoms with van der Waals surface area (Å²) < 4.78 is 39.6. The Labute approximate surface area is 109 Å². The van der Waals surface area contributed by atoms with E-state index in [-0.39, 0.29) is 15.9 Å². The van der Waals surface area contributed by atoms with Crippen LogP contribution in [0.15, 0.2) is 27.6 Å². The Morgan fingerprint density at radius 2 is 2.06 bits per heavy atom. The highest BCUT2D eigenvalue weighted by Gasteiger charge is 2.19. The van der Waals surface area contributed by atoms with Crippen LogP contribution >= 0.6 is 15.9 Å². The molecule has 0 aliphatic heterocycles. The van der Waals surface area contributed by atoms with Crippen LogP contribution in [0.2, 0.25) is 0 Å². The highest BCUT2D eigenvalue weighted by molar-refractivity contribution is 9.10. The van der Waals surface area contributed by atoms with E-state index in [1.54, 1.807) is 0 Å². The van der Waals surface area contributed by atoms with Crippen molar-refractivity contribution in [1.29, 1.82) is 0 Å². The van der Waals surface area contributed by atoms with Crippen molar-refractivity contribution < 1.29 is 12.8 Å². The van der Waals surface area contributed by atoms with Gasteiger partial charge in [0.15, 0.2) is 5.82 Å². The second-order valence-electron chi connectivity index (χ2n) is 3.30. The topological polar surface area (TPSA) is 58.2 Å². The zero-order chi connectivity index (χ0) is 12.9. The molecule has 0 saturated carbocycles. The molecule has 0 atom stereocenters. The molecule has 0 fully saturated rings. The molecule has 0 spiro atoms. The molecule has 2 N–H and O–H groups in total. The first kappa shape index (κ1) is 14.6. The number of hydrogen-bond acceptors (Lipinski definition) is 3. The van der Waals surface area contributed by atoms with Crippen LogP contribution in [0.4, 0.5) is 4.39 Å². The summed E-state index contributed by atoms with van der Waals surface area (Å²) in [4.78, 5) is -0.344. The van der Waals surface area contributed by atoms with Crippen LogP contribution in [0.3, 0.4) is 0 Å². The number of sulfonamides is 1. The van der Waals surface area contributed by atoms with E-state index in [2.05, 4.69) is 26.0 Å². The zero-order valence-electron chi connectivity index (χ0n) is 9.33. The minimum absolute atomic E-state index is 0.132. The minimum Gasteiger partial charge on any atom is -0.316 e. The van der Waals surface area contributed by atoms with Crippen LogP contribution in [-0.4, -0.2) is 28.1 Å². The summed E-state index contributed by atoms with van der Waals surface area (Å²) in [5, 5.41) is 2.97. The maximum atomic E-state index is 13.6. The quantitative estimate of drug-likeness (QED) is 0.779. The van der Waals surface area contributed by atoms with Crippen molar-refractivity contribution in [3.05, 3.63) is 28.5 Å². The second kappa shape index (κ2) is 6.44. The Morgan fingerprint density at radius 1 is 1.35 bits per heavy atom. The van der Waals surface area contributed by atoms with Gasteiger partial charge in [0.2, 0.25) is 10.0 Å². The molecular weight excluding hydrogens is 311 g/mol. The lowest BCUT2D eigenvalue weighted by atomic mass is 10.3. The van der Waals surface area contributed by atoms with Crippen LogP contribution in [0.25, 0.3) is 0 Å². The van der Waals surface area contributed by atoms with Crippen molar-refractivity contribution in [2.24, 2.45) is 0 Å². The summed E-state index contributed by atoms with van der Waals surface area (Å²) in [6.45, 7) is 3.41. The van der Waals surface area contributed by atoms with Gasteiger partial charge in [-0.1, -0.05) is 13.0 Å². The summed E-state index contributed by atoms with van der Waals surface area (Å²) in [5.74, 6) is -0.775. The predicted molar refractivity (Wildman–Crippen MR) is 67.8 cm³/mol. The van der Waals surface area contributed by atoms with Crippen molar-refractivity contribution >= 4 is 26.0 Å². The lowest BCUT2D eigenvalue weighted by Gasteiger charge is -2.08. The molecular formula is C10H14BrFN2O2S. The first-order chi connectivity index (χ1) is 7.99. The summed E-state index contributed by atoms with van der Waals surface area (Å²) in [5.41, 5.74) is 0. The standard InChI is InChI=1S/C10H14BrFN2O2S/c1-2-13-6-7-14-17(15,16)9-5-3-4-8(11)10(9)12/h3-5,13-14H,2,6-7H2,1H3. The molecule has 17 heavy (non-hydrogen) atoms. The Balaban J connectivity index is 2.79. The third-order valence-electron chi connectivity index (χ3n) is 2.05. The maximum absolute atomic E-state index is 13.6. The van der Waals surface area contributed by atoms with Crippen LogP contribution < -0.4 is 10.0 Å². The van der Waals surface area contributed by atoms with Gasteiger partial charge in [-0.25, -0.2) is 17.5 Å². The molecule has 0 bridgehead atoms. The number of benzene rings is 1. The van der Waals surface area contributed by atoms with E-state index < -0.39 is 15.8 Å². The van der Waals surface area contributed by atoms with Crippen LogP contribution in [-0.2, 0) is 10.0 Å². The zero-order valence-corrected chi connectivity index (χ0v) is 11.7. The fraction of sp³-hybridized carbons (Fsp3) is 0.400. The van der Waals surface area contributed by atoms with Crippen molar-refractivity contribution in [2.75, 3.05) is 19.6 Å². The largest absolute Gasteiger partial charge is 0.316 e. The van der Waals surface area contributed by atoms with Gasteiger partial charge in [-0.3, -0.25) is 0 Å². The first-order valence-corrected chi connectivity index (χ1v) is 7.41. The molecule has 1 rings (SSSR count). The van der Waals surface area contributed by atoms with Gasteiger partial charge < -0.3 is 5.32 Å². The minimum atomic E-state index is -3.79. The Kier molecular flexibility index (Phi) is 5.51. The smallest absolute Gasteiger partial charge is 0.243 e. The molecule has 0 radical (unpaired) electrons. The molecule has 1 aromatic rings. The van der Waals surface area contributed by atoms with Crippen molar-refractivity contribution in [3.8, 4) is 0 Å². The Hall–Kier alpha value is -0.500. The average molecular weight is 325 g/mol. The fourth-order valence-electron chi connectivity index (χ4n) is 1.22. The molecule has 96 valence electrons. The van der Waals surface area contributed by atoms with E-state index in [1.807, 2.05) is 6.92 Å². The number of nitrogens with one attached hydrogen (secondary N) is 2. The molecule has 0 unspecified atom stereocenters. The van der Waals surface area contributed by atoms with E-state index in [0.717, 1.165) is 6.54 Å². The van der Waals surface area contributed by atoms with Gasteiger partial charge in [-0.15, -0.1) is 0 Å². The third kappa shape index (κ3) is 4.02. The summed E-state index contributed by atoms with van der Waals surface area (Å²) in [6, 6.07) is 4.16. The van der Waals surface area contributed by atoms with E-state index in [9.17, 15) is 12.8 Å².